The third-order valence-corrected chi connectivity index (χ3v) is 5.45. The lowest BCUT2D eigenvalue weighted by Gasteiger charge is -2.23. The van der Waals surface area contributed by atoms with E-state index in [0.717, 1.165) is 0 Å². The standard InChI is InChI=1S/C12H15BrF3NO3S/c1-2-5-17(8-12(14,15)16)21(19,20)11-4-3-9(7-18)6-10(11)13/h3-4,6,18H,2,5,7-8H2,1H3. The Morgan fingerprint density at radius 3 is 2.38 bits per heavy atom. The number of aliphatic hydroxyl groups is 1. The van der Waals surface area contributed by atoms with Gasteiger partial charge in [0.25, 0.3) is 0 Å². The molecule has 0 aromatic heterocycles. The summed E-state index contributed by atoms with van der Waals surface area (Å²) in [5.41, 5.74) is 0.457. The second-order valence-corrected chi connectivity index (χ2v) is 7.14. The van der Waals surface area contributed by atoms with Gasteiger partial charge in [0.1, 0.15) is 6.54 Å². The summed E-state index contributed by atoms with van der Waals surface area (Å²) in [4.78, 5) is -0.252. The largest absolute Gasteiger partial charge is 0.402 e. The summed E-state index contributed by atoms with van der Waals surface area (Å²) >= 11 is 3.02. The highest BCUT2D eigenvalue weighted by Gasteiger charge is 2.37. The lowest BCUT2D eigenvalue weighted by atomic mass is 10.2. The molecule has 0 unspecified atom stereocenters. The van der Waals surface area contributed by atoms with Crippen LogP contribution in [0.3, 0.4) is 0 Å². The Kier molecular flexibility index (Phi) is 6.21. The molecule has 0 aliphatic carbocycles. The Labute approximate surface area is 129 Å². The minimum absolute atomic E-state index is 0.123. The van der Waals surface area contributed by atoms with Gasteiger partial charge in [-0.1, -0.05) is 13.0 Å². The Balaban J connectivity index is 3.22. The molecule has 0 fully saturated rings. The number of sulfonamides is 1. The van der Waals surface area contributed by atoms with Crippen molar-refractivity contribution in [2.24, 2.45) is 0 Å². The van der Waals surface area contributed by atoms with Gasteiger partial charge in [-0.25, -0.2) is 8.42 Å². The lowest BCUT2D eigenvalue weighted by Crippen LogP contribution is -2.39. The maximum Gasteiger partial charge on any atom is 0.402 e. The number of benzene rings is 1. The molecule has 1 N–H and O–H groups in total. The van der Waals surface area contributed by atoms with Gasteiger partial charge in [-0.3, -0.25) is 0 Å². The molecule has 1 aromatic rings. The van der Waals surface area contributed by atoms with E-state index in [4.69, 9.17) is 5.11 Å². The number of alkyl halides is 3. The molecule has 0 spiro atoms. The van der Waals surface area contributed by atoms with E-state index in [9.17, 15) is 21.6 Å². The normalized spacial score (nSPS) is 12.9. The topological polar surface area (TPSA) is 57.6 Å². The van der Waals surface area contributed by atoms with Gasteiger partial charge in [-0.05, 0) is 40.0 Å². The van der Waals surface area contributed by atoms with Crippen molar-refractivity contribution in [1.82, 2.24) is 4.31 Å². The second-order valence-electron chi connectivity index (χ2n) is 4.38. The highest BCUT2D eigenvalue weighted by Crippen LogP contribution is 2.28. The molecule has 9 heteroatoms. The summed E-state index contributed by atoms with van der Waals surface area (Å²) in [5, 5.41) is 8.97. The zero-order chi connectivity index (χ0) is 16.3. The fraction of sp³-hybridized carbons (Fsp3) is 0.500. The van der Waals surface area contributed by atoms with Gasteiger partial charge in [0.2, 0.25) is 10.0 Å². The molecule has 1 rings (SSSR count). The van der Waals surface area contributed by atoms with E-state index < -0.39 is 22.7 Å². The summed E-state index contributed by atoms with van der Waals surface area (Å²) in [5.74, 6) is 0. The smallest absolute Gasteiger partial charge is 0.392 e. The summed E-state index contributed by atoms with van der Waals surface area (Å²) in [6.45, 7) is -0.448. The third-order valence-electron chi connectivity index (χ3n) is 2.63. The average molecular weight is 390 g/mol. The Morgan fingerprint density at radius 1 is 1.33 bits per heavy atom. The second kappa shape index (κ2) is 7.08. The fourth-order valence-electron chi connectivity index (χ4n) is 1.72. The monoisotopic (exact) mass is 389 g/mol. The molecule has 0 radical (unpaired) electrons. The number of aliphatic hydroxyl groups excluding tert-OH is 1. The summed E-state index contributed by atoms with van der Waals surface area (Å²) in [6.07, 6.45) is -4.35. The predicted octanol–water partition coefficient (Wildman–Crippen LogP) is 2.90. The molecule has 120 valence electrons. The van der Waals surface area contributed by atoms with Crippen LogP contribution in [-0.4, -0.2) is 37.1 Å². The fourth-order valence-corrected chi connectivity index (χ4v) is 4.33. The summed E-state index contributed by atoms with van der Waals surface area (Å²) in [6, 6.07) is 3.91. The molecule has 1 aromatic carbocycles. The van der Waals surface area contributed by atoms with Crippen LogP contribution < -0.4 is 0 Å². The Bertz CT molecular complexity index is 590. The van der Waals surface area contributed by atoms with E-state index in [1.807, 2.05) is 0 Å². The molecule has 21 heavy (non-hydrogen) atoms. The third kappa shape index (κ3) is 4.94. The van der Waals surface area contributed by atoms with Gasteiger partial charge in [0.05, 0.1) is 11.5 Å². The van der Waals surface area contributed by atoms with Crippen LogP contribution in [-0.2, 0) is 16.6 Å². The van der Waals surface area contributed by atoms with Crippen molar-refractivity contribution in [3.05, 3.63) is 28.2 Å². The van der Waals surface area contributed by atoms with Gasteiger partial charge >= 0.3 is 6.18 Å². The number of hydrogen-bond donors (Lipinski definition) is 1. The summed E-state index contributed by atoms with van der Waals surface area (Å²) < 4.78 is 62.9. The van der Waals surface area contributed by atoms with Crippen molar-refractivity contribution >= 4 is 26.0 Å². The summed E-state index contributed by atoms with van der Waals surface area (Å²) in [7, 11) is -4.27. The SMILES string of the molecule is CCCN(CC(F)(F)F)S(=O)(=O)c1ccc(CO)cc1Br. The maximum atomic E-state index is 12.5. The van der Waals surface area contributed by atoms with Crippen molar-refractivity contribution in [2.45, 2.75) is 31.0 Å². The van der Waals surface area contributed by atoms with Crippen molar-refractivity contribution in [1.29, 1.82) is 0 Å². The van der Waals surface area contributed by atoms with E-state index in [0.29, 0.717) is 9.87 Å². The van der Waals surface area contributed by atoms with Crippen LogP contribution in [0.15, 0.2) is 27.6 Å². The first-order valence-electron chi connectivity index (χ1n) is 6.08. The molecule has 0 aliphatic heterocycles. The number of rotatable bonds is 6. The first-order valence-corrected chi connectivity index (χ1v) is 8.31. The van der Waals surface area contributed by atoms with Crippen LogP contribution in [0.1, 0.15) is 18.9 Å². The Morgan fingerprint density at radius 2 is 1.95 bits per heavy atom. The van der Waals surface area contributed by atoms with Crippen LogP contribution >= 0.6 is 15.9 Å². The van der Waals surface area contributed by atoms with Crippen molar-refractivity contribution in [2.75, 3.05) is 13.1 Å². The van der Waals surface area contributed by atoms with Crippen LogP contribution in [0.4, 0.5) is 13.2 Å². The number of hydrogen-bond acceptors (Lipinski definition) is 3. The molecule has 0 bridgehead atoms. The molecular formula is C12H15BrF3NO3S. The van der Waals surface area contributed by atoms with Crippen molar-refractivity contribution < 1.29 is 26.7 Å². The van der Waals surface area contributed by atoms with Gasteiger partial charge in [-0.2, -0.15) is 17.5 Å². The average Bonchev–Trinajstić information content (AvgIpc) is 2.36. The molecule has 0 amide bonds. The van der Waals surface area contributed by atoms with Gasteiger partial charge in [0.15, 0.2) is 0 Å². The maximum absolute atomic E-state index is 12.5. The zero-order valence-electron chi connectivity index (χ0n) is 11.2. The van der Waals surface area contributed by atoms with E-state index in [1.165, 1.54) is 18.2 Å². The predicted molar refractivity (Wildman–Crippen MR) is 75.2 cm³/mol. The first kappa shape index (κ1) is 18.4. The van der Waals surface area contributed by atoms with Crippen molar-refractivity contribution in [3.63, 3.8) is 0 Å². The van der Waals surface area contributed by atoms with Crippen LogP contribution in [0.25, 0.3) is 0 Å². The molecule has 0 heterocycles. The minimum atomic E-state index is -4.61. The first-order chi connectivity index (χ1) is 9.61. The molecule has 0 aliphatic rings. The number of nitrogens with zero attached hydrogens (tertiary/aromatic N) is 1. The van der Waals surface area contributed by atoms with E-state index in [2.05, 4.69) is 15.9 Å². The minimum Gasteiger partial charge on any atom is -0.392 e. The van der Waals surface area contributed by atoms with Gasteiger partial charge in [0, 0.05) is 11.0 Å². The van der Waals surface area contributed by atoms with E-state index >= 15 is 0 Å². The molecule has 0 atom stereocenters. The molecule has 0 saturated heterocycles. The highest BCUT2D eigenvalue weighted by molar-refractivity contribution is 9.10. The lowest BCUT2D eigenvalue weighted by molar-refractivity contribution is -0.136. The molecule has 0 saturated carbocycles. The van der Waals surface area contributed by atoms with Gasteiger partial charge < -0.3 is 5.11 Å². The van der Waals surface area contributed by atoms with E-state index in [1.54, 1.807) is 6.92 Å². The zero-order valence-corrected chi connectivity index (χ0v) is 13.6. The molecular weight excluding hydrogens is 375 g/mol. The Hall–Kier alpha value is -0.640. The van der Waals surface area contributed by atoms with Crippen LogP contribution in [0.5, 0.6) is 0 Å². The molecule has 4 nitrogen and oxygen atoms in total. The quantitative estimate of drug-likeness (QED) is 0.813. The van der Waals surface area contributed by atoms with Crippen LogP contribution in [0.2, 0.25) is 0 Å². The van der Waals surface area contributed by atoms with Gasteiger partial charge in [-0.15, -0.1) is 0 Å². The number of halogens is 4. The van der Waals surface area contributed by atoms with E-state index in [-0.39, 0.29) is 28.9 Å². The van der Waals surface area contributed by atoms with Crippen molar-refractivity contribution in [3.8, 4) is 0 Å². The van der Waals surface area contributed by atoms with Crippen LogP contribution in [0, 0.1) is 0 Å². The highest BCUT2D eigenvalue weighted by atomic mass is 79.9.